The summed E-state index contributed by atoms with van der Waals surface area (Å²) in [6, 6.07) is 5.41. The summed E-state index contributed by atoms with van der Waals surface area (Å²) in [7, 11) is 0. The van der Waals surface area contributed by atoms with Gasteiger partial charge < -0.3 is 15.0 Å². The molecule has 0 spiro atoms. The SMILES string of the molecule is Cl.O=C(Cc1ccc(OC(F)(F)F)cc1)N1CCCNCC1. The van der Waals surface area contributed by atoms with E-state index in [1.54, 1.807) is 4.90 Å². The van der Waals surface area contributed by atoms with Crippen molar-refractivity contribution < 1.29 is 22.7 Å². The Labute approximate surface area is 133 Å². The predicted octanol–water partition coefficient (Wildman–Crippen LogP) is 2.37. The van der Waals surface area contributed by atoms with Crippen LogP contribution in [0.1, 0.15) is 12.0 Å². The van der Waals surface area contributed by atoms with Gasteiger partial charge in [-0.05, 0) is 30.7 Å². The average molecular weight is 339 g/mol. The zero-order valence-corrected chi connectivity index (χ0v) is 12.7. The number of hydrogen-bond acceptors (Lipinski definition) is 3. The van der Waals surface area contributed by atoms with Crippen molar-refractivity contribution in [1.29, 1.82) is 0 Å². The van der Waals surface area contributed by atoms with Crippen LogP contribution < -0.4 is 10.1 Å². The fourth-order valence-corrected chi connectivity index (χ4v) is 2.19. The number of carbonyl (C=O) groups is 1. The van der Waals surface area contributed by atoms with Crippen molar-refractivity contribution in [3.63, 3.8) is 0 Å². The van der Waals surface area contributed by atoms with Crippen molar-refractivity contribution in [3.05, 3.63) is 29.8 Å². The van der Waals surface area contributed by atoms with Gasteiger partial charge in [-0.15, -0.1) is 25.6 Å². The van der Waals surface area contributed by atoms with Crippen LogP contribution >= 0.6 is 12.4 Å². The number of carbonyl (C=O) groups excluding carboxylic acids is 1. The zero-order chi connectivity index (χ0) is 15.3. The first kappa shape index (κ1) is 18.6. The quantitative estimate of drug-likeness (QED) is 0.920. The maximum atomic E-state index is 12.1. The second kappa shape index (κ2) is 8.24. The van der Waals surface area contributed by atoms with E-state index >= 15 is 0 Å². The second-order valence-electron chi connectivity index (χ2n) is 4.85. The number of alkyl halides is 3. The topological polar surface area (TPSA) is 41.6 Å². The van der Waals surface area contributed by atoms with Crippen LogP contribution in [0.2, 0.25) is 0 Å². The summed E-state index contributed by atoms with van der Waals surface area (Å²) in [5.74, 6) is -0.291. The van der Waals surface area contributed by atoms with Gasteiger partial charge in [-0.25, -0.2) is 0 Å². The summed E-state index contributed by atoms with van der Waals surface area (Å²) < 4.78 is 39.9. The molecule has 0 atom stereocenters. The van der Waals surface area contributed by atoms with Crippen molar-refractivity contribution >= 4 is 18.3 Å². The molecular weight excluding hydrogens is 321 g/mol. The third-order valence-corrected chi connectivity index (χ3v) is 3.21. The van der Waals surface area contributed by atoms with Gasteiger partial charge in [-0.2, -0.15) is 0 Å². The van der Waals surface area contributed by atoms with Crippen LogP contribution in [0.4, 0.5) is 13.2 Å². The Balaban J connectivity index is 0.00000242. The van der Waals surface area contributed by atoms with E-state index in [1.165, 1.54) is 24.3 Å². The third kappa shape index (κ3) is 6.11. The Morgan fingerprint density at radius 2 is 1.86 bits per heavy atom. The van der Waals surface area contributed by atoms with Crippen LogP contribution in [0, 0.1) is 0 Å². The van der Waals surface area contributed by atoms with E-state index in [2.05, 4.69) is 10.1 Å². The van der Waals surface area contributed by atoms with E-state index in [1.807, 2.05) is 0 Å². The Morgan fingerprint density at radius 3 is 2.50 bits per heavy atom. The summed E-state index contributed by atoms with van der Waals surface area (Å²) in [5, 5.41) is 3.21. The highest BCUT2D eigenvalue weighted by molar-refractivity contribution is 5.85. The van der Waals surface area contributed by atoms with Gasteiger partial charge in [0.15, 0.2) is 0 Å². The molecule has 0 radical (unpaired) electrons. The first-order valence-corrected chi connectivity index (χ1v) is 6.77. The molecule has 0 aromatic heterocycles. The molecule has 1 N–H and O–H groups in total. The molecule has 124 valence electrons. The van der Waals surface area contributed by atoms with Crippen LogP contribution in [0.15, 0.2) is 24.3 Å². The van der Waals surface area contributed by atoms with Gasteiger partial charge in [0.1, 0.15) is 5.75 Å². The van der Waals surface area contributed by atoms with Crippen LogP contribution in [0.3, 0.4) is 0 Å². The zero-order valence-electron chi connectivity index (χ0n) is 11.9. The lowest BCUT2D eigenvalue weighted by Crippen LogP contribution is -2.35. The maximum absolute atomic E-state index is 12.1. The summed E-state index contributed by atoms with van der Waals surface area (Å²) >= 11 is 0. The first-order valence-electron chi connectivity index (χ1n) is 6.77. The standard InChI is InChI=1S/C14H17F3N2O2.ClH/c15-14(16,17)21-12-4-2-11(3-5-12)10-13(20)19-8-1-6-18-7-9-19;/h2-5,18H,1,6-10H2;1H. The molecule has 1 aromatic carbocycles. The number of hydrogen-bond donors (Lipinski definition) is 1. The molecule has 8 heteroatoms. The lowest BCUT2D eigenvalue weighted by Gasteiger charge is -2.20. The van der Waals surface area contributed by atoms with E-state index in [0.717, 1.165) is 19.5 Å². The van der Waals surface area contributed by atoms with E-state index in [4.69, 9.17) is 0 Å². The number of ether oxygens (including phenoxy) is 1. The smallest absolute Gasteiger partial charge is 0.406 e. The Hall–Kier alpha value is -1.47. The molecule has 0 unspecified atom stereocenters. The molecule has 1 fully saturated rings. The minimum absolute atomic E-state index is 0. The highest BCUT2D eigenvalue weighted by Gasteiger charge is 2.31. The van der Waals surface area contributed by atoms with Gasteiger partial charge in [0.05, 0.1) is 6.42 Å². The fourth-order valence-electron chi connectivity index (χ4n) is 2.19. The third-order valence-electron chi connectivity index (χ3n) is 3.21. The van der Waals surface area contributed by atoms with Gasteiger partial charge in [0.2, 0.25) is 5.91 Å². The van der Waals surface area contributed by atoms with E-state index in [0.29, 0.717) is 18.7 Å². The summed E-state index contributed by atoms with van der Waals surface area (Å²) in [6.07, 6.45) is -3.60. The van der Waals surface area contributed by atoms with Gasteiger partial charge in [0, 0.05) is 19.6 Å². The second-order valence-corrected chi connectivity index (χ2v) is 4.85. The van der Waals surface area contributed by atoms with E-state index in [9.17, 15) is 18.0 Å². The molecule has 0 aliphatic carbocycles. The lowest BCUT2D eigenvalue weighted by atomic mass is 10.1. The van der Waals surface area contributed by atoms with Crippen molar-refractivity contribution in [3.8, 4) is 5.75 Å². The molecule has 22 heavy (non-hydrogen) atoms. The van der Waals surface area contributed by atoms with Gasteiger partial charge in [-0.1, -0.05) is 12.1 Å². The summed E-state index contributed by atoms with van der Waals surface area (Å²) in [4.78, 5) is 13.9. The molecule has 1 heterocycles. The number of nitrogens with one attached hydrogen (secondary N) is 1. The molecule has 1 saturated heterocycles. The van der Waals surface area contributed by atoms with Crippen LogP contribution in [-0.2, 0) is 11.2 Å². The maximum Gasteiger partial charge on any atom is 0.573 e. The van der Waals surface area contributed by atoms with Crippen LogP contribution in [0.5, 0.6) is 5.75 Å². The molecule has 1 aliphatic rings. The van der Waals surface area contributed by atoms with Crippen molar-refractivity contribution in [2.75, 3.05) is 26.2 Å². The fraction of sp³-hybridized carbons (Fsp3) is 0.500. The summed E-state index contributed by atoms with van der Waals surface area (Å²) in [6.45, 7) is 3.03. The number of amides is 1. The lowest BCUT2D eigenvalue weighted by molar-refractivity contribution is -0.274. The minimum atomic E-state index is -4.70. The number of benzene rings is 1. The Morgan fingerprint density at radius 1 is 1.18 bits per heavy atom. The molecule has 0 saturated carbocycles. The van der Waals surface area contributed by atoms with Gasteiger partial charge >= 0.3 is 6.36 Å². The molecule has 2 rings (SSSR count). The number of halogens is 4. The van der Waals surface area contributed by atoms with Crippen molar-refractivity contribution in [2.24, 2.45) is 0 Å². The number of nitrogens with zero attached hydrogens (tertiary/aromatic N) is 1. The molecular formula is C14H18ClF3N2O2. The monoisotopic (exact) mass is 338 g/mol. The Kier molecular flexibility index (Phi) is 6.96. The predicted molar refractivity (Wildman–Crippen MR) is 78.1 cm³/mol. The molecule has 1 aliphatic heterocycles. The molecule has 0 bridgehead atoms. The molecule has 1 aromatic rings. The molecule has 4 nitrogen and oxygen atoms in total. The molecule has 1 amide bonds. The van der Waals surface area contributed by atoms with Gasteiger partial charge in [-0.3, -0.25) is 4.79 Å². The highest BCUT2D eigenvalue weighted by Crippen LogP contribution is 2.22. The number of rotatable bonds is 3. The van der Waals surface area contributed by atoms with Crippen molar-refractivity contribution in [2.45, 2.75) is 19.2 Å². The summed E-state index contributed by atoms with van der Waals surface area (Å²) in [5.41, 5.74) is 0.673. The van der Waals surface area contributed by atoms with E-state index < -0.39 is 6.36 Å². The minimum Gasteiger partial charge on any atom is -0.406 e. The van der Waals surface area contributed by atoms with Gasteiger partial charge in [0.25, 0.3) is 0 Å². The largest absolute Gasteiger partial charge is 0.573 e. The van der Waals surface area contributed by atoms with Crippen LogP contribution in [-0.4, -0.2) is 43.3 Å². The first-order chi connectivity index (χ1) is 9.94. The van der Waals surface area contributed by atoms with E-state index in [-0.39, 0.29) is 30.5 Å². The average Bonchev–Trinajstić information content (AvgIpc) is 2.68. The highest BCUT2D eigenvalue weighted by atomic mass is 35.5. The van der Waals surface area contributed by atoms with Crippen molar-refractivity contribution in [1.82, 2.24) is 10.2 Å². The normalized spacial score (nSPS) is 15.7. The Bertz CT molecular complexity index is 472. The van der Waals surface area contributed by atoms with Crippen LogP contribution in [0.25, 0.3) is 0 Å².